The molecule has 5 aromatic rings. The molecule has 0 saturated heterocycles. The number of aryl methyl sites for hydroxylation is 1. The van der Waals surface area contributed by atoms with Crippen LogP contribution >= 0.6 is 11.6 Å². The largest absolute Gasteiger partial charge is 0.378 e. The SMILES string of the molecule is Cn1nc(NS(C)(=O)=O)c2c(Cl)ccc(-c3ccc(C#CC(C)(C)O)nc3[C@H](Cc3cccc(F)c3)NC(=O)Cn3nc(C(F)F)c4c3C(F)(F)[C@@H]3C[C@H]43)c21. The molecule has 3 aromatic heterocycles. The molecule has 7 rings (SSSR count). The molecule has 0 unspecified atom stereocenters. The first-order valence-corrected chi connectivity index (χ1v) is 19.2. The van der Waals surface area contributed by atoms with Crippen molar-refractivity contribution >= 4 is 44.3 Å². The second-order valence-electron chi connectivity index (χ2n) is 14.2. The van der Waals surface area contributed by atoms with Gasteiger partial charge in [0.15, 0.2) is 5.82 Å². The molecule has 11 nitrogen and oxygen atoms in total. The summed E-state index contributed by atoms with van der Waals surface area (Å²) in [6.07, 6.45) is -2.23. The molecule has 0 radical (unpaired) electrons. The molecular weight excluding hydrogens is 769 g/mol. The lowest BCUT2D eigenvalue weighted by atomic mass is 9.93. The van der Waals surface area contributed by atoms with Gasteiger partial charge < -0.3 is 10.4 Å². The topological polar surface area (TPSA) is 144 Å². The Labute approximate surface area is 316 Å². The fraction of sp³-hybridized carbons (Fsp3) is 0.351. The third-order valence-electron chi connectivity index (χ3n) is 9.39. The number of amides is 1. The van der Waals surface area contributed by atoms with Crippen molar-refractivity contribution in [1.82, 2.24) is 29.9 Å². The summed E-state index contributed by atoms with van der Waals surface area (Å²) in [6, 6.07) is 10.7. The number of carbonyl (C=O) groups excluding carboxylic acids is 1. The van der Waals surface area contributed by atoms with Gasteiger partial charge in [-0.1, -0.05) is 35.7 Å². The number of fused-ring (bicyclic) bond motifs is 4. The second-order valence-corrected chi connectivity index (χ2v) is 16.4. The van der Waals surface area contributed by atoms with E-state index in [1.54, 1.807) is 31.3 Å². The van der Waals surface area contributed by atoms with Crippen LogP contribution in [0.1, 0.15) is 72.6 Å². The molecule has 0 bridgehead atoms. The maximum atomic E-state index is 15.4. The maximum absolute atomic E-state index is 15.4. The summed E-state index contributed by atoms with van der Waals surface area (Å²) in [5, 5.41) is 21.6. The van der Waals surface area contributed by atoms with E-state index in [2.05, 4.69) is 32.1 Å². The van der Waals surface area contributed by atoms with Crippen LogP contribution in [-0.2, 0) is 40.8 Å². The Morgan fingerprint density at radius 2 is 1.85 bits per heavy atom. The average molecular weight is 802 g/mol. The molecule has 1 fully saturated rings. The van der Waals surface area contributed by atoms with E-state index < -0.39 is 75.5 Å². The van der Waals surface area contributed by atoms with Gasteiger partial charge in [-0.3, -0.25) is 18.9 Å². The van der Waals surface area contributed by atoms with Crippen LogP contribution in [0.4, 0.5) is 27.8 Å². The van der Waals surface area contributed by atoms with Crippen molar-refractivity contribution in [2.24, 2.45) is 13.0 Å². The number of alkyl halides is 4. The van der Waals surface area contributed by atoms with E-state index in [-0.39, 0.29) is 46.0 Å². The van der Waals surface area contributed by atoms with Crippen molar-refractivity contribution in [1.29, 1.82) is 0 Å². The van der Waals surface area contributed by atoms with Crippen molar-refractivity contribution in [3.8, 4) is 23.0 Å². The summed E-state index contributed by atoms with van der Waals surface area (Å²) in [6.45, 7) is 2.09. The second kappa shape index (κ2) is 13.6. The third-order valence-corrected chi connectivity index (χ3v) is 10.3. The van der Waals surface area contributed by atoms with Gasteiger partial charge in [-0.05, 0) is 74.4 Å². The zero-order valence-corrected chi connectivity index (χ0v) is 31.2. The van der Waals surface area contributed by atoms with E-state index in [0.29, 0.717) is 26.9 Å². The van der Waals surface area contributed by atoms with E-state index in [1.807, 2.05) is 0 Å². The molecule has 288 valence electrons. The van der Waals surface area contributed by atoms with E-state index in [9.17, 15) is 31.5 Å². The molecule has 18 heteroatoms. The standard InChI is InChI=1S/C37H33ClF5N7O4S/c1-36(2,52)13-12-20-8-9-21(22-10-11-25(38)29-32(22)49(3)47-35(29)48-55(4,53)54)30(44-20)26(15-18-6-5-7-19(39)14-18)45-27(51)17-50-33-28(31(46-50)34(40)41)23-16-24(23)37(33,42)43/h5-11,14,23-24,26,34,52H,15-17H2,1-4H3,(H,45,51)(H,47,48)/t23-,24+,26-/m0/s1. The molecular formula is C37H33ClF5N7O4S. The predicted molar refractivity (Wildman–Crippen MR) is 194 cm³/mol. The molecule has 1 saturated carbocycles. The van der Waals surface area contributed by atoms with Crippen LogP contribution in [0, 0.1) is 23.6 Å². The first-order chi connectivity index (χ1) is 25.7. The normalized spacial score (nSPS) is 17.7. The van der Waals surface area contributed by atoms with E-state index in [4.69, 9.17) is 16.6 Å². The Morgan fingerprint density at radius 3 is 2.53 bits per heavy atom. The van der Waals surface area contributed by atoms with Gasteiger partial charge in [0.05, 0.1) is 33.9 Å². The molecule has 55 heavy (non-hydrogen) atoms. The number of halogens is 6. The molecule has 1 amide bonds. The molecule has 3 heterocycles. The summed E-state index contributed by atoms with van der Waals surface area (Å²) in [5.41, 5.74) is -1.28. The van der Waals surface area contributed by atoms with Crippen LogP contribution in [0.2, 0.25) is 5.02 Å². The van der Waals surface area contributed by atoms with Crippen LogP contribution < -0.4 is 10.0 Å². The van der Waals surface area contributed by atoms with Gasteiger partial charge in [-0.25, -0.2) is 26.6 Å². The molecule has 2 aliphatic rings. The predicted octanol–water partition coefficient (Wildman–Crippen LogP) is 6.36. The lowest BCUT2D eigenvalue weighted by Gasteiger charge is -2.23. The van der Waals surface area contributed by atoms with Gasteiger partial charge in [0.25, 0.3) is 12.3 Å². The summed E-state index contributed by atoms with van der Waals surface area (Å²) in [4.78, 5) is 18.7. The highest BCUT2D eigenvalue weighted by Crippen LogP contribution is 2.68. The highest BCUT2D eigenvalue weighted by atomic mass is 35.5. The monoisotopic (exact) mass is 801 g/mol. The number of nitrogens with zero attached hydrogens (tertiary/aromatic N) is 5. The van der Waals surface area contributed by atoms with Crippen LogP contribution in [0.5, 0.6) is 0 Å². The summed E-state index contributed by atoms with van der Waals surface area (Å²) >= 11 is 6.59. The Balaban J connectivity index is 1.38. The number of nitrogens with one attached hydrogen (secondary N) is 2. The molecule has 3 atom stereocenters. The molecule has 0 aliphatic heterocycles. The van der Waals surface area contributed by atoms with Crippen LogP contribution in [0.3, 0.4) is 0 Å². The average Bonchev–Trinajstić information content (AvgIpc) is 3.62. The number of hydrogen-bond donors (Lipinski definition) is 3. The van der Waals surface area contributed by atoms with Gasteiger partial charge in [0.1, 0.15) is 35.0 Å². The number of benzene rings is 2. The zero-order valence-electron chi connectivity index (χ0n) is 29.6. The molecule has 0 spiro atoms. The number of anilines is 1. The summed E-state index contributed by atoms with van der Waals surface area (Å²) in [7, 11) is -2.23. The van der Waals surface area contributed by atoms with Crippen molar-refractivity contribution in [2.75, 3.05) is 11.0 Å². The van der Waals surface area contributed by atoms with Crippen molar-refractivity contribution < 1.29 is 40.3 Å². The smallest absolute Gasteiger partial charge is 0.293 e. The lowest BCUT2D eigenvalue weighted by molar-refractivity contribution is -0.123. The van der Waals surface area contributed by atoms with Gasteiger partial charge >= 0.3 is 0 Å². The Morgan fingerprint density at radius 1 is 1.13 bits per heavy atom. The minimum absolute atomic E-state index is 0.0505. The Hall–Kier alpha value is -5.05. The fourth-order valence-electron chi connectivity index (χ4n) is 7.17. The molecule has 2 aromatic carbocycles. The minimum Gasteiger partial charge on any atom is -0.378 e. The third kappa shape index (κ3) is 7.50. The quantitative estimate of drug-likeness (QED) is 0.110. The van der Waals surface area contributed by atoms with E-state index in [0.717, 1.165) is 6.26 Å². The highest BCUT2D eigenvalue weighted by molar-refractivity contribution is 7.92. The molecule has 3 N–H and O–H groups in total. The number of sulfonamides is 1. The Bertz CT molecular complexity index is 2560. The lowest BCUT2D eigenvalue weighted by Crippen LogP contribution is -2.35. The van der Waals surface area contributed by atoms with E-state index >= 15 is 8.78 Å². The highest BCUT2D eigenvalue weighted by Gasteiger charge is 2.67. The number of rotatable bonds is 10. The number of aliphatic hydroxyl groups is 1. The van der Waals surface area contributed by atoms with Gasteiger partial charge in [-0.15, -0.1) is 0 Å². The van der Waals surface area contributed by atoms with E-state index in [1.165, 1.54) is 42.8 Å². The Kier molecular flexibility index (Phi) is 9.46. The molecule has 2 aliphatic carbocycles. The number of pyridine rings is 1. The van der Waals surface area contributed by atoms with Crippen molar-refractivity contribution in [2.45, 2.75) is 63.1 Å². The maximum Gasteiger partial charge on any atom is 0.293 e. The summed E-state index contributed by atoms with van der Waals surface area (Å²) in [5.74, 6) is -1.39. The van der Waals surface area contributed by atoms with Crippen LogP contribution in [0.15, 0.2) is 48.5 Å². The fourth-order valence-corrected chi connectivity index (χ4v) is 7.90. The summed E-state index contributed by atoms with van der Waals surface area (Å²) < 4.78 is 102. The minimum atomic E-state index is -3.79. The zero-order chi connectivity index (χ0) is 39.8. The van der Waals surface area contributed by atoms with Gasteiger partial charge in [0.2, 0.25) is 15.9 Å². The van der Waals surface area contributed by atoms with Crippen LogP contribution in [-0.4, -0.2) is 55.8 Å². The number of carbonyl (C=O) groups is 1. The number of aromatic nitrogens is 5. The number of hydrogen-bond acceptors (Lipinski definition) is 7. The van der Waals surface area contributed by atoms with Gasteiger partial charge in [0, 0.05) is 29.7 Å². The van der Waals surface area contributed by atoms with Crippen molar-refractivity contribution in [3.63, 3.8) is 0 Å². The van der Waals surface area contributed by atoms with Gasteiger partial charge in [-0.2, -0.15) is 19.0 Å². The first kappa shape index (κ1) is 38.2. The first-order valence-electron chi connectivity index (χ1n) is 16.9. The van der Waals surface area contributed by atoms with Crippen molar-refractivity contribution in [3.05, 3.63) is 93.3 Å². The van der Waals surface area contributed by atoms with Crippen LogP contribution in [0.25, 0.3) is 22.0 Å².